The van der Waals surface area contributed by atoms with E-state index in [-0.39, 0.29) is 0 Å². The molecule has 0 aliphatic rings. The highest BCUT2D eigenvalue weighted by atomic mass is 19.2. The smallest absolute Gasteiger partial charge is 0.330 e. The van der Waals surface area contributed by atoms with Crippen molar-refractivity contribution in [3.8, 4) is 0 Å². The number of carbonyl (C=O) groups is 2. The second kappa shape index (κ2) is 9.47. The molecule has 0 unspecified atom stereocenters. The van der Waals surface area contributed by atoms with E-state index in [9.17, 15) is 18.4 Å². The number of carbonyl (C=O) groups excluding carboxylic acids is 2. The molecule has 0 bridgehead atoms. The van der Waals surface area contributed by atoms with Crippen LogP contribution in [0.1, 0.15) is 31.0 Å². The largest absolute Gasteiger partial charge is 0.463 e. The highest BCUT2D eigenvalue weighted by molar-refractivity contribution is 5.90. The van der Waals surface area contributed by atoms with Crippen LogP contribution in [0.25, 0.3) is 6.08 Å². The molecule has 2 N–H and O–H groups in total. The van der Waals surface area contributed by atoms with Gasteiger partial charge in [-0.15, -0.1) is 0 Å². The molecule has 0 fully saturated rings. The fourth-order valence-corrected chi connectivity index (χ4v) is 2.26. The average Bonchev–Trinajstić information content (AvgIpc) is 2.63. The topological polar surface area (TPSA) is 67.4 Å². The molecule has 7 heteroatoms. The number of halogens is 2. The second-order valence-electron chi connectivity index (χ2n) is 5.70. The number of rotatable bonds is 6. The number of amides is 2. The average molecular weight is 374 g/mol. The number of hydrogen-bond acceptors (Lipinski definition) is 3. The van der Waals surface area contributed by atoms with Gasteiger partial charge >= 0.3 is 12.0 Å². The van der Waals surface area contributed by atoms with Crippen molar-refractivity contribution in [3.05, 3.63) is 71.3 Å². The van der Waals surface area contributed by atoms with Gasteiger partial charge in [-0.05, 0) is 55.3 Å². The number of esters is 1. The predicted molar refractivity (Wildman–Crippen MR) is 99.0 cm³/mol. The second-order valence-corrected chi connectivity index (χ2v) is 5.70. The third kappa shape index (κ3) is 6.22. The molecule has 0 aromatic heterocycles. The van der Waals surface area contributed by atoms with Gasteiger partial charge in [0.15, 0.2) is 11.6 Å². The Balaban J connectivity index is 1.91. The van der Waals surface area contributed by atoms with Crippen LogP contribution in [0.4, 0.5) is 19.3 Å². The molecular weight excluding hydrogens is 354 g/mol. The van der Waals surface area contributed by atoms with Crippen LogP contribution < -0.4 is 10.6 Å². The van der Waals surface area contributed by atoms with Gasteiger partial charge in [0.25, 0.3) is 0 Å². The molecule has 0 aliphatic heterocycles. The first-order valence-electron chi connectivity index (χ1n) is 8.36. The molecule has 27 heavy (non-hydrogen) atoms. The monoisotopic (exact) mass is 374 g/mol. The lowest BCUT2D eigenvalue weighted by atomic mass is 10.1. The lowest BCUT2D eigenvalue weighted by Gasteiger charge is -2.15. The van der Waals surface area contributed by atoms with Crippen LogP contribution in [0.2, 0.25) is 0 Å². The zero-order valence-corrected chi connectivity index (χ0v) is 15.0. The summed E-state index contributed by atoms with van der Waals surface area (Å²) in [6.45, 7) is 3.70. The van der Waals surface area contributed by atoms with Gasteiger partial charge in [0.2, 0.25) is 0 Å². The van der Waals surface area contributed by atoms with Crippen LogP contribution >= 0.6 is 0 Å². The van der Waals surface area contributed by atoms with Gasteiger partial charge in [0.05, 0.1) is 12.6 Å². The number of ether oxygens (including phenoxy) is 1. The molecule has 0 heterocycles. The Kier molecular flexibility index (Phi) is 7.05. The third-order valence-electron chi connectivity index (χ3n) is 3.66. The predicted octanol–water partition coefficient (Wildman–Crippen LogP) is 4.42. The van der Waals surface area contributed by atoms with Gasteiger partial charge in [-0.3, -0.25) is 0 Å². The lowest BCUT2D eigenvalue weighted by molar-refractivity contribution is -0.137. The number of anilines is 1. The van der Waals surface area contributed by atoms with Gasteiger partial charge in [-0.2, -0.15) is 0 Å². The zero-order valence-electron chi connectivity index (χ0n) is 15.0. The summed E-state index contributed by atoms with van der Waals surface area (Å²) < 4.78 is 31.0. The molecule has 2 rings (SSSR count). The highest BCUT2D eigenvalue weighted by Crippen LogP contribution is 2.16. The molecule has 5 nitrogen and oxygen atoms in total. The van der Waals surface area contributed by atoms with Crippen LogP contribution in [0.3, 0.4) is 0 Å². The van der Waals surface area contributed by atoms with Crippen LogP contribution in [-0.2, 0) is 9.53 Å². The maximum absolute atomic E-state index is 13.3. The lowest BCUT2D eigenvalue weighted by Crippen LogP contribution is -2.31. The van der Waals surface area contributed by atoms with Gasteiger partial charge < -0.3 is 15.4 Å². The van der Waals surface area contributed by atoms with Crippen LogP contribution in [0, 0.1) is 11.6 Å². The molecule has 0 radical (unpaired) electrons. The minimum Gasteiger partial charge on any atom is -0.463 e. The quantitative estimate of drug-likeness (QED) is 0.581. The van der Waals surface area contributed by atoms with Crippen molar-refractivity contribution in [2.24, 2.45) is 0 Å². The molecule has 0 saturated heterocycles. The molecule has 0 aliphatic carbocycles. The standard InChI is InChI=1S/C20H20F2N2O3/c1-3-27-19(25)11-6-14-4-8-16(9-5-14)24-20(26)23-13(2)15-7-10-17(21)18(22)12-15/h4-13H,3H2,1-2H3,(H2,23,24,26)/b11-6-/t13-/m0/s1. The van der Waals surface area contributed by atoms with Crippen molar-refractivity contribution < 1.29 is 23.1 Å². The minimum atomic E-state index is -0.965. The summed E-state index contributed by atoms with van der Waals surface area (Å²) in [5.74, 6) is -2.33. The Morgan fingerprint density at radius 2 is 1.81 bits per heavy atom. The van der Waals surface area contributed by atoms with Crippen molar-refractivity contribution in [3.63, 3.8) is 0 Å². The van der Waals surface area contributed by atoms with Crippen molar-refractivity contribution in [2.45, 2.75) is 19.9 Å². The first-order chi connectivity index (χ1) is 12.9. The fourth-order valence-electron chi connectivity index (χ4n) is 2.26. The summed E-state index contributed by atoms with van der Waals surface area (Å²) in [5, 5.41) is 5.29. The van der Waals surface area contributed by atoms with Gasteiger partial charge in [0.1, 0.15) is 0 Å². The number of urea groups is 1. The van der Waals surface area contributed by atoms with E-state index >= 15 is 0 Å². The molecule has 1 atom stereocenters. The van der Waals surface area contributed by atoms with Crippen molar-refractivity contribution in [1.82, 2.24) is 5.32 Å². The van der Waals surface area contributed by atoms with E-state index in [1.165, 1.54) is 12.1 Å². The summed E-state index contributed by atoms with van der Waals surface area (Å²) in [6.07, 6.45) is 2.93. The van der Waals surface area contributed by atoms with Crippen LogP contribution in [-0.4, -0.2) is 18.6 Å². The molecule has 0 spiro atoms. The Labute approximate surface area is 156 Å². The Morgan fingerprint density at radius 3 is 2.44 bits per heavy atom. The fraction of sp³-hybridized carbons (Fsp3) is 0.200. The zero-order chi connectivity index (χ0) is 19.8. The van der Waals surface area contributed by atoms with E-state index in [1.54, 1.807) is 44.2 Å². The first kappa shape index (κ1) is 20.1. The summed E-state index contributed by atoms with van der Waals surface area (Å²) >= 11 is 0. The number of benzene rings is 2. The van der Waals surface area contributed by atoms with Crippen LogP contribution in [0.5, 0.6) is 0 Å². The molecule has 2 aromatic carbocycles. The summed E-state index contributed by atoms with van der Waals surface area (Å²) in [5.41, 5.74) is 1.76. The van der Waals surface area contributed by atoms with Crippen molar-refractivity contribution in [2.75, 3.05) is 11.9 Å². The Morgan fingerprint density at radius 1 is 1.11 bits per heavy atom. The van der Waals surface area contributed by atoms with E-state index in [4.69, 9.17) is 4.74 Å². The molecule has 0 saturated carbocycles. The van der Waals surface area contributed by atoms with Gasteiger partial charge in [0, 0.05) is 11.8 Å². The van der Waals surface area contributed by atoms with Crippen molar-refractivity contribution in [1.29, 1.82) is 0 Å². The Hall–Kier alpha value is -3.22. The molecular formula is C20H20F2N2O3. The van der Waals surface area contributed by atoms with Crippen LogP contribution in [0.15, 0.2) is 48.5 Å². The highest BCUT2D eigenvalue weighted by Gasteiger charge is 2.12. The van der Waals surface area contributed by atoms with E-state index in [0.29, 0.717) is 17.9 Å². The summed E-state index contributed by atoms with van der Waals surface area (Å²) in [7, 11) is 0. The first-order valence-corrected chi connectivity index (χ1v) is 8.36. The van der Waals surface area contributed by atoms with E-state index in [2.05, 4.69) is 10.6 Å². The van der Waals surface area contributed by atoms with Gasteiger partial charge in [-0.1, -0.05) is 18.2 Å². The van der Waals surface area contributed by atoms with Gasteiger partial charge in [-0.25, -0.2) is 18.4 Å². The minimum absolute atomic E-state index is 0.310. The van der Waals surface area contributed by atoms with E-state index < -0.39 is 29.7 Å². The van der Waals surface area contributed by atoms with E-state index in [1.807, 2.05) is 0 Å². The number of hydrogen-bond donors (Lipinski definition) is 2. The molecule has 142 valence electrons. The summed E-state index contributed by atoms with van der Waals surface area (Å²) in [6, 6.07) is 9.28. The normalized spacial score (nSPS) is 11.9. The molecule has 2 amide bonds. The number of nitrogens with one attached hydrogen (secondary N) is 2. The maximum Gasteiger partial charge on any atom is 0.330 e. The summed E-state index contributed by atoms with van der Waals surface area (Å²) in [4.78, 5) is 23.3. The SMILES string of the molecule is CCOC(=O)/C=C\c1ccc(NC(=O)N[C@@H](C)c2ccc(F)c(F)c2)cc1. The molecule has 2 aromatic rings. The van der Waals surface area contributed by atoms with Crippen molar-refractivity contribution >= 4 is 23.8 Å². The Bertz CT molecular complexity index is 836. The van der Waals surface area contributed by atoms with E-state index in [0.717, 1.165) is 17.7 Å². The third-order valence-corrected chi connectivity index (χ3v) is 3.66. The maximum atomic E-state index is 13.3.